The summed E-state index contributed by atoms with van der Waals surface area (Å²) in [6.07, 6.45) is 6.59. The van der Waals surface area contributed by atoms with Crippen LogP contribution in [-0.2, 0) is 24.2 Å². The topological polar surface area (TPSA) is 46.9 Å². The Morgan fingerprint density at radius 3 is 3.19 bits per heavy atom. The number of amides is 1. The van der Waals surface area contributed by atoms with Crippen LogP contribution in [0.3, 0.4) is 0 Å². The molecular formula is C16H17N3OS. The molecule has 0 saturated heterocycles. The van der Waals surface area contributed by atoms with E-state index in [0.717, 1.165) is 31.6 Å². The summed E-state index contributed by atoms with van der Waals surface area (Å²) < 4.78 is 2.14. The number of thioether (sulfide) groups is 1. The smallest absolute Gasteiger partial charge is 0.234 e. The second-order valence-corrected chi connectivity index (χ2v) is 6.90. The van der Waals surface area contributed by atoms with Gasteiger partial charge in [0.1, 0.15) is 5.82 Å². The molecule has 108 valence electrons. The van der Waals surface area contributed by atoms with Crippen LogP contribution in [0.4, 0.5) is 0 Å². The highest BCUT2D eigenvalue weighted by molar-refractivity contribution is 8.01. The zero-order valence-corrected chi connectivity index (χ0v) is 12.5. The first-order valence-corrected chi connectivity index (χ1v) is 8.22. The maximum Gasteiger partial charge on any atom is 0.234 e. The molecule has 4 rings (SSSR count). The second kappa shape index (κ2) is 5.22. The highest BCUT2D eigenvalue weighted by atomic mass is 32.2. The van der Waals surface area contributed by atoms with Gasteiger partial charge in [-0.1, -0.05) is 18.2 Å². The first-order chi connectivity index (χ1) is 10.3. The van der Waals surface area contributed by atoms with Gasteiger partial charge in [-0.15, -0.1) is 11.8 Å². The first-order valence-electron chi connectivity index (χ1n) is 7.34. The fourth-order valence-electron chi connectivity index (χ4n) is 3.11. The van der Waals surface area contributed by atoms with Crippen LogP contribution in [0.1, 0.15) is 17.8 Å². The molecule has 0 bridgehead atoms. The van der Waals surface area contributed by atoms with Gasteiger partial charge in [-0.2, -0.15) is 0 Å². The van der Waals surface area contributed by atoms with Crippen molar-refractivity contribution in [2.45, 2.75) is 42.0 Å². The number of rotatable bonds is 2. The molecule has 1 aromatic heterocycles. The lowest BCUT2D eigenvalue weighted by Gasteiger charge is -2.25. The van der Waals surface area contributed by atoms with Gasteiger partial charge in [0.25, 0.3) is 0 Å². The number of aromatic nitrogens is 2. The van der Waals surface area contributed by atoms with E-state index in [0.29, 0.717) is 0 Å². The Bertz CT molecular complexity index is 657. The molecular weight excluding hydrogens is 282 g/mol. The van der Waals surface area contributed by atoms with Gasteiger partial charge in [0.15, 0.2) is 0 Å². The summed E-state index contributed by atoms with van der Waals surface area (Å²) >= 11 is 1.69. The molecule has 2 aliphatic heterocycles. The highest BCUT2D eigenvalue weighted by Crippen LogP contribution is 2.36. The lowest BCUT2D eigenvalue weighted by molar-refractivity contribution is -0.121. The summed E-state index contributed by atoms with van der Waals surface area (Å²) in [5.41, 5.74) is 1.29. The molecule has 0 fully saturated rings. The highest BCUT2D eigenvalue weighted by Gasteiger charge is 2.30. The SMILES string of the molecule is O=C(N[C@H]1CCc2nccn2C1)[C@@H]1Cc2ccccc2S1. The van der Waals surface area contributed by atoms with Crippen molar-refractivity contribution in [1.29, 1.82) is 0 Å². The van der Waals surface area contributed by atoms with Crippen molar-refractivity contribution in [3.63, 3.8) is 0 Å². The Balaban J connectivity index is 1.40. The van der Waals surface area contributed by atoms with Crippen molar-refractivity contribution in [2.24, 2.45) is 0 Å². The minimum absolute atomic E-state index is 0.0200. The van der Waals surface area contributed by atoms with Crippen molar-refractivity contribution >= 4 is 17.7 Å². The number of nitrogens with one attached hydrogen (secondary N) is 1. The van der Waals surface area contributed by atoms with Crippen molar-refractivity contribution in [2.75, 3.05) is 0 Å². The molecule has 1 aromatic carbocycles. The normalized spacial score (nSPS) is 23.4. The van der Waals surface area contributed by atoms with E-state index in [9.17, 15) is 4.79 Å². The average Bonchev–Trinajstić information content (AvgIpc) is 3.13. The Hall–Kier alpha value is -1.75. The number of hydrogen-bond donors (Lipinski definition) is 1. The molecule has 0 unspecified atom stereocenters. The molecule has 2 atom stereocenters. The lowest BCUT2D eigenvalue weighted by atomic mass is 10.1. The third-order valence-corrected chi connectivity index (χ3v) is 5.54. The number of imidazole rings is 1. The second-order valence-electron chi connectivity index (χ2n) is 5.66. The molecule has 5 heteroatoms. The number of hydrogen-bond acceptors (Lipinski definition) is 3. The van der Waals surface area contributed by atoms with Crippen LogP contribution in [0, 0.1) is 0 Å². The van der Waals surface area contributed by atoms with Crippen molar-refractivity contribution < 1.29 is 4.79 Å². The fourth-order valence-corrected chi connectivity index (χ4v) is 4.31. The zero-order valence-electron chi connectivity index (χ0n) is 11.7. The molecule has 4 nitrogen and oxygen atoms in total. The molecule has 1 amide bonds. The molecule has 0 spiro atoms. The third-order valence-electron chi connectivity index (χ3n) is 4.22. The van der Waals surface area contributed by atoms with E-state index >= 15 is 0 Å². The number of fused-ring (bicyclic) bond motifs is 2. The van der Waals surface area contributed by atoms with E-state index in [1.54, 1.807) is 11.8 Å². The summed E-state index contributed by atoms with van der Waals surface area (Å²) in [6, 6.07) is 8.53. The van der Waals surface area contributed by atoms with Crippen LogP contribution >= 0.6 is 11.8 Å². The Morgan fingerprint density at radius 1 is 1.38 bits per heavy atom. The molecule has 2 aromatic rings. The molecule has 0 saturated carbocycles. The van der Waals surface area contributed by atoms with Gasteiger partial charge in [0, 0.05) is 36.3 Å². The molecule has 21 heavy (non-hydrogen) atoms. The summed E-state index contributed by atoms with van der Waals surface area (Å²) in [5.74, 6) is 1.30. The average molecular weight is 299 g/mol. The Morgan fingerprint density at radius 2 is 2.29 bits per heavy atom. The lowest BCUT2D eigenvalue weighted by Crippen LogP contribution is -2.44. The monoisotopic (exact) mass is 299 g/mol. The number of nitrogens with zero attached hydrogens (tertiary/aromatic N) is 2. The fraction of sp³-hybridized carbons (Fsp3) is 0.375. The van der Waals surface area contributed by atoms with Crippen LogP contribution in [0.15, 0.2) is 41.6 Å². The van der Waals surface area contributed by atoms with Crippen LogP contribution in [0.5, 0.6) is 0 Å². The third kappa shape index (κ3) is 2.46. The molecule has 1 N–H and O–H groups in total. The largest absolute Gasteiger partial charge is 0.351 e. The molecule has 2 aliphatic rings. The van der Waals surface area contributed by atoms with Gasteiger partial charge in [0.05, 0.1) is 5.25 Å². The minimum Gasteiger partial charge on any atom is -0.351 e. The van der Waals surface area contributed by atoms with E-state index in [1.807, 2.05) is 24.5 Å². The van der Waals surface area contributed by atoms with Gasteiger partial charge in [-0.25, -0.2) is 4.98 Å². The molecule has 3 heterocycles. The predicted octanol–water partition coefficient (Wildman–Crippen LogP) is 2.03. The van der Waals surface area contributed by atoms with Gasteiger partial charge in [-0.05, 0) is 24.5 Å². The van der Waals surface area contributed by atoms with Crippen molar-refractivity contribution in [1.82, 2.24) is 14.9 Å². The van der Waals surface area contributed by atoms with Crippen molar-refractivity contribution in [3.8, 4) is 0 Å². The Labute approximate surface area is 128 Å². The van der Waals surface area contributed by atoms with Gasteiger partial charge in [0.2, 0.25) is 5.91 Å². The molecule has 0 radical (unpaired) electrons. The van der Waals surface area contributed by atoms with Gasteiger partial charge in [-0.3, -0.25) is 4.79 Å². The summed E-state index contributed by atoms with van der Waals surface area (Å²) in [5, 5.41) is 3.24. The van der Waals surface area contributed by atoms with Crippen molar-refractivity contribution in [3.05, 3.63) is 48.0 Å². The van der Waals surface area contributed by atoms with E-state index < -0.39 is 0 Å². The quantitative estimate of drug-likeness (QED) is 0.923. The van der Waals surface area contributed by atoms with E-state index in [2.05, 4.69) is 27.0 Å². The van der Waals surface area contributed by atoms with Crippen LogP contribution in [0.25, 0.3) is 0 Å². The van der Waals surface area contributed by atoms with Crippen LogP contribution < -0.4 is 5.32 Å². The number of carbonyl (C=O) groups excluding carboxylic acids is 1. The summed E-state index contributed by atoms with van der Waals surface area (Å²) in [6.45, 7) is 0.839. The summed E-state index contributed by atoms with van der Waals surface area (Å²) in [4.78, 5) is 18.0. The predicted molar refractivity (Wildman–Crippen MR) is 82.3 cm³/mol. The van der Waals surface area contributed by atoms with Gasteiger partial charge < -0.3 is 9.88 Å². The van der Waals surface area contributed by atoms with Crippen LogP contribution in [-0.4, -0.2) is 26.8 Å². The van der Waals surface area contributed by atoms with E-state index in [-0.39, 0.29) is 17.2 Å². The maximum atomic E-state index is 12.5. The zero-order chi connectivity index (χ0) is 14.2. The van der Waals surface area contributed by atoms with Gasteiger partial charge >= 0.3 is 0 Å². The molecule has 0 aliphatic carbocycles. The van der Waals surface area contributed by atoms with Crippen LogP contribution in [0.2, 0.25) is 0 Å². The maximum absolute atomic E-state index is 12.5. The first kappa shape index (κ1) is 13.0. The minimum atomic E-state index is 0.0200. The van der Waals surface area contributed by atoms with E-state index in [1.165, 1.54) is 10.5 Å². The van der Waals surface area contributed by atoms with E-state index in [4.69, 9.17) is 0 Å². The Kier molecular flexibility index (Phi) is 3.22. The number of benzene rings is 1. The number of aryl methyl sites for hydroxylation is 1. The standard InChI is InChI=1S/C16H17N3OS/c20-16(14-9-11-3-1-2-4-13(11)21-14)18-12-5-6-15-17-7-8-19(15)10-12/h1-4,7-8,12,14H,5-6,9-10H2,(H,18,20)/t12-,14-/m0/s1. The number of carbonyl (C=O) groups is 1. The summed E-state index contributed by atoms with van der Waals surface area (Å²) in [7, 11) is 0.